The molecule has 0 amide bonds. The molecule has 0 bridgehead atoms. The Hall–Kier alpha value is -1.51. The number of nitrogen functional groups attached to an aromatic ring is 1. The molecule has 0 atom stereocenters. The summed E-state index contributed by atoms with van der Waals surface area (Å²) in [6.45, 7) is 0. The Balaban J connectivity index is 2.30. The molecule has 3 nitrogen and oxygen atoms in total. The maximum atomic E-state index is 11.5. The molecule has 3 heteroatoms. The Kier molecular flexibility index (Phi) is 2.77. The highest BCUT2D eigenvalue weighted by Gasteiger charge is 2.27. The van der Waals surface area contributed by atoms with E-state index >= 15 is 0 Å². The molecule has 0 radical (unpaired) electrons. The van der Waals surface area contributed by atoms with Crippen LogP contribution in [0.25, 0.3) is 0 Å². The molecule has 0 unspecified atom stereocenters. The van der Waals surface area contributed by atoms with E-state index in [1.165, 1.54) is 24.0 Å². The molecular weight excluding hydrogens is 226 g/mol. The van der Waals surface area contributed by atoms with E-state index in [2.05, 4.69) is 0 Å². The average molecular weight is 245 g/mol. The largest absolute Gasteiger partial charge is 0.478 e. The van der Waals surface area contributed by atoms with E-state index in [4.69, 9.17) is 5.73 Å². The number of carbonyl (C=O) groups is 1. The van der Waals surface area contributed by atoms with Crippen LogP contribution in [0.4, 0.5) is 5.69 Å². The van der Waals surface area contributed by atoms with Crippen molar-refractivity contribution in [3.05, 3.63) is 27.8 Å². The Morgan fingerprint density at radius 1 is 0.833 bits per heavy atom. The van der Waals surface area contributed by atoms with Gasteiger partial charge in [-0.1, -0.05) is 0 Å². The van der Waals surface area contributed by atoms with Gasteiger partial charge in [-0.25, -0.2) is 4.79 Å². The highest BCUT2D eigenvalue weighted by atomic mass is 16.4. The van der Waals surface area contributed by atoms with Crippen molar-refractivity contribution in [1.29, 1.82) is 0 Å². The standard InChI is InChI=1S/C15H19NO2/c16-14-12-8-4-2-6-10(12)9-5-1-3-7-11(9)13(14)15(17)18/h1-8,16H2,(H,17,18). The van der Waals surface area contributed by atoms with Gasteiger partial charge in [0.15, 0.2) is 0 Å². The summed E-state index contributed by atoms with van der Waals surface area (Å²) >= 11 is 0. The van der Waals surface area contributed by atoms with Gasteiger partial charge in [0, 0.05) is 5.69 Å². The number of benzene rings is 1. The van der Waals surface area contributed by atoms with Gasteiger partial charge in [0.25, 0.3) is 0 Å². The fourth-order valence-corrected chi connectivity index (χ4v) is 3.61. The number of nitrogens with two attached hydrogens (primary N) is 1. The van der Waals surface area contributed by atoms with Crippen LogP contribution >= 0.6 is 0 Å². The smallest absolute Gasteiger partial charge is 0.338 e. The first kappa shape index (κ1) is 11.6. The zero-order valence-electron chi connectivity index (χ0n) is 10.6. The van der Waals surface area contributed by atoms with Crippen LogP contribution < -0.4 is 5.73 Å². The van der Waals surface area contributed by atoms with E-state index in [0.29, 0.717) is 11.3 Å². The van der Waals surface area contributed by atoms with Crippen molar-refractivity contribution in [2.45, 2.75) is 51.4 Å². The van der Waals surface area contributed by atoms with Crippen LogP contribution in [-0.2, 0) is 25.7 Å². The molecule has 0 saturated heterocycles. The predicted octanol–water partition coefficient (Wildman–Crippen LogP) is 2.72. The van der Waals surface area contributed by atoms with Crippen molar-refractivity contribution in [3.63, 3.8) is 0 Å². The van der Waals surface area contributed by atoms with Crippen LogP contribution in [-0.4, -0.2) is 11.1 Å². The number of carboxylic acid groups (broad SMARTS) is 1. The lowest BCUT2D eigenvalue weighted by atomic mass is 9.77. The van der Waals surface area contributed by atoms with Crippen molar-refractivity contribution >= 4 is 11.7 Å². The van der Waals surface area contributed by atoms with Gasteiger partial charge in [-0.15, -0.1) is 0 Å². The number of carboxylic acids is 1. The summed E-state index contributed by atoms with van der Waals surface area (Å²) in [5, 5.41) is 9.44. The summed E-state index contributed by atoms with van der Waals surface area (Å²) in [7, 11) is 0. The average Bonchev–Trinajstić information content (AvgIpc) is 2.39. The first-order chi connectivity index (χ1) is 8.70. The summed E-state index contributed by atoms with van der Waals surface area (Å²) in [6.07, 6.45) is 8.58. The fraction of sp³-hybridized carbons (Fsp3) is 0.533. The van der Waals surface area contributed by atoms with E-state index in [0.717, 1.165) is 49.7 Å². The Morgan fingerprint density at radius 3 is 1.83 bits per heavy atom. The number of fused-ring (bicyclic) bond motifs is 3. The van der Waals surface area contributed by atoms with Gasteiger partial charge in [0.05, 0.1) is 5.56 Å². The minimum absolute atomic E-state index is 0.408. The normalized spacial score (nSPS) is 18.0. The molecule has 0 spiro atoms. The molecule has 2 aliphatic rings. The van der Waals surface area contributed by atoms with E-state index in [-0.39, 0.29) is 0 Å². The van der Waals surface area contributed by atoms with Crippen LogP contribution in [0.2, 0.25) is 0 Å². The number of anilines is 1. The third-order valence-electron chi connectivity index (χ3n) is 4.41. The van der Waals surface area contributed by atoms with Gasteiger partial charge < -0.3 is 10.8 Å². The second-order valence-corrected chi connectivity index (χ2v) is 5.42. The van der Waals surface area contributed by atoms with Crippen molar-refractivity contribution in [2.75, 3.05) is 5.73 Å². The molecule has 0 saturated carbocycles. The number of hydrogen-bond donors (Lipinski definition) is 2. The summed E-state index contributed by atoms with van der Waals surface area (Å²) in [6, 6.07) is 0. The number of rotatable bonds is 1. The molecule has 2 aliphatic carbocycles. The van der Waals surface area contributed by atoms with Crippen LogP contribution in [0.3, 0.4) is 0 Å². The van der Waals surface area contributed by atoms with Gasteiger partial charge in [-0.3, -0.25) is 0 Å². The van der Waals surface area contributed by atoms with E-state index in [1.54, 1.807) is 0 Å². The minimum atomic E-state index is -0.848. The molecule has 96 valence electrons. The molecule has 3 rings (SSSR count). The van der Waals surface area contributed by atoms with Crippen LogP contribution in [0.5, 0.6) is 0 Å². The molecule has 0 aliphatic heterocycles. The first-order valence-electron chi connectivity index (χ1n) is 6.88. The van der Waals surface area contributed by atoms with E-state index in [9.17, 15) is 9.90 Å². The highest BCUT2D eigenvalue weighted by molar-refractivity contribution is 5.97. The molecule has 0 aromatic heterocycles. The van der Waals surface area contributed by atoms with Crippen LogP contribution in [0, 0.1) is 0 Å². The zero-order valence-corrected chi connectivity index (χ0v) is 10.6. The summed E-state index contributed by atoms with van der Waals surface area (Å²) in [5.41, 5.74) is 12.0. The van der Waals surface area contributed by atoms with E-state index in [1.807, 2.05) is 0 Å². The third kappa shape index (κ3) is 1.61. The topological polar surface area (TPSA) is 63.3 Å². The maximum Gasteiger partial charge on any atom is 0.338 e. The number of aromatic carboxylic acids is 1. The molecule has 0 fully saturated rings. The predicted molar refractivity (Wildman–Crippen MR) is 71.1 cm³/mol. The quantitative estimate of drug-likeness (QED) is 0.748. The summed E-state index contributed by atoms with van der Waals surface area (Å²) in [5.74, 6) is -0.848. The molecule has 0 heterocycles. The van der Waals surface area contributed by atoms with E-state index < -0.39 is 5.97 Å². The lowest BCUT2D eigenvalue weighted by Gasteiger charge is -2.28. The monoisotopic (exact) mass is 245 g/mol. The minimum Gasteiger partial charge on any atom is -0.478 e. The summed E-state index contributed by atoms with van der Waals surface area (Å²) < 4.78 is 0. The maximum absolute atomic E-state index is 11.5. The molecule has 3 N–H and O–H groups in total. The molecule has 18 heavy (non-hydrogen) atoms. The Morgan fingerprint density at radius 2 is 1.28 bits per heavy atom. The van der Waals surface area contributed by atoms with Crippen molar-refractivity contribution in [1.82, 2.24) is 0 Å². The lowest BCUT2D eigenvalue weighted by molar-refractivity contribution is 0.0696. The Bertz CT molecular complexity index is 520. The van der Waals surface area contributed by atoms with Gasteiger partial charge in [-0.2, -0.15) is 0 Å². The highest BCUT2D eigenvalue weighted by Crippen LogP contribution is 2.38. The van der Waals surface area contributed by atoms with Gasteiger partial charge in [-0.05, 0) is 73.6 Å². The van der Waals surface area contributed by atoms with Gasteiger partial charge >= 0.3 is 5.97 Å². The first-order valence-corrected chi connectivity index (χ1v) is 6.88. The van der Waals surface area contributed by atoms with Crippen molar-refractivity contribution < 1.29 is 9.90 Å². The summed E-state index contributed by atoms with van der Waals surface area (Å²) in [4.78, 5) is 11.5. The SMILES string of the molecule is Nc1c2c(c3c(c1C(=O)O)CCCC3)CCCC2. The molecule has 1 aromatic rings. The lowest BCUT2D eigenvalue weighted by Crippen LogP contribution is -2.20. The van der Waals surface area contributed by atoms with Crippen molar-refractivity contribution in [3.8, 4) is 0 Å². The second kappa shape index (κ2) is 4.30. The van der Waals surface area contributed by atoms with Crippen molar-refractivity contribution in [2.24, 2.45) is 0 Å². The number of hydrogen-bond acceptors (Lipinski definition) is 2. The van der Waals surface area contributed by atoms with Crippen LogP contribution in [0.15, 0.2) is 0 Å². The third-order valence-corrected chi connectivity index (χ3v) is 4.41. The zero-order chi connectivity index (χ0) is 12.7. The molecular formula is C15H19NO2. The van der Waals surface area contributed by atoms with Gasteiger partial charge in [0.1, 0.15) is 0 Å². The second-order valence-electron chi connectivity index (χ2n) is 5.42. The van der Waals surface area contributed by atoms with Crippen LogP contribution in [0.1, 0.15) is 58.3 Å². The Labute approximate surface area is 107 Å². The fourth-order valence-electron chi connectivity index (χ4n) is 3.61. The molecule has 1 aromatic carbocycles. The van der Waals surface area contributed by atoms with Gasteiger partial charge in [0.2, 0.25) is 0 Å².